The first-order valence-corrected chi connectivity index (χ1v) is 11.2. The number of hydrogen-bond donors (Lipinski definition) is 2. The lowest BCUT2D eigenvalue weighted by molar-refractivity contribution is 0.00578. The van der Waals surface area contributed by atoms with Crippen LogP contribution in [-0.4, -0.2) is 41.8 Å². The molecule has 7 nitrogen and oxygen atoms in total. The summed E-state index contributed by atoms with van der Waals surface area (Å²) >= 11 is 0. The molecule has 0 aromatic heterocycles. The van der Waals surface area contributed by atoms with Crippen molar-refractivity contribution < 1.29 is 28.7 Å². The van der Waals surface area contributed by atoms with Gasteiger partial charge in [0.15, 0.2) is 5.78 Å². The maximum atomic E-state index is 12.4. The summed E-state index contributed by atoms with van der Waals surface area (Å²) in [6, 6.07) is 12.6. The standard InChI is InChI=1S/C26H32BNO6/c1-17-12-22(18(2)29)23(30)14-20(17)13-21(27-33-25(3,4)26(5,6)34-27)15-28-24(31)32-16-19-10-8-7-9-11-19/h7-14,30H,15-16H2,1-6H3,(H,28,31). The number of aromatic hydroxyl groups is 1. The van der Waals surface area contributed by atoms with E-state index < -0.39 is 24.4 Å². The van der Waals surface area contributed by atoms with Crippen molar-refractivity contribution in [1.29, 1.82) is 0 Å². The van der Waals surface area contributed by atoms with Crippen LogP contribution in [0, 0.1) is 6.92 Å². The molecule has 0 aliphatic carbocycles. The van der Waals surface area contributed by atoms with E-state index in [0.717, 1.165) is 11.1 Å². The number of phenolic OH excluding ortho intramolecular Hbond substituents is 1. The van der Waals surface area contributed by atoms with Crippen LogP contribution < -0.4 is 5.32 Å². The van der Waals surface area contributed by atoms with Crippen LogP contribution >= 0.6 is 0 Å². The van der Waals surface area contributed by atoms with Gasteiger partial charge in [-0.2, -0.15) is 0 Å². The van der Waals surface area contributed by atoms with Gasteiger partial charge in [-0.05, 0) is 75.8 Å². The largest absolute Gasteiger partial charge is 0.507 e. The van der Waals surface area contributed by atoms with E-state index in [2.05, 4.69) is 5.32 Å². The number of ketones is 1. The molecule has 1 amide bonds. The fraction of sp³-hybridized carbons (Fsp3) is 0.385. The summed E-state index contributed by atoms with van der Waals surface area (Å²) in [5.74, 6) is -0.321. The third-order valence-corrected chi connectivity index (χ3v) is 6.31. The lowest BCUT2D eigenvalue weighted by Gasteiger charge is -2.32. The Morgan fingerprint density at radius 3 is 2.29 bits per heavy atom. The Kier molecular flexibility index (Phi) is 7.53. The number of ether oxygens (including phenoxy) is 1. The predicted molar refractivity (Wildman–Crippen MR) is 132 cm³/mol. The highest BCUT2D eigenvalue weighted by Gasteiger charge is 2.52. The summed E-state index contributed by atoms with van der Waals surface area (Å²) in [7, 11) is -0.714. The zero-order chi connectivity index (χ0) is 25.1. The number of Topliss-reactive ketones (excluding diaryl/α,β-unsaturated/α-hetero) is 1. The van der Waals surface area contributed by atoms with Crippen LogP contribution in [0.25, 0.3) is 6.08 Å². The summed E-state index contributed by atoms with van der Waals surface area (Å²) in [5, 5.41) is 13.1. The van der Waals surface area contributed by atoms with E-state index in [9.17, 15) is 14.7 Å². The highest BCUT2D eigenvalue weighted by Crippen LogP contribution is 2.39. The second-order valence-electron chi connectivity index (χ2n) is 9.50. The Labute approximate surface area is 201 Å². The number of aryl methyl sites for hydroxylation is 1. The van der Waals surface area contributed by atoms with Crippen LogP contribution in [0.4, 0.5) is 4.79 Å². The van der Waals surface area contributed by atoms with Crippen molar-refractivity contribution in [2.24, 2.45) is 0 Å². The van der Waals surface area contributed by atoms with E-state index in [4.69, 9.17) is 14.0 Å². The SMILES string of the molecule is CC(=O)c1cc(C)c(C=C(CNC(=O)OCc2ccccc2)B2OC(C)(C)C(C)(C)O2)cc1O. The Morgan fingerprint density at radius 1 is 1.09 bits per heavy atom. The van der Waals surface area contributed by atoms with Gasteiger partial charge in [-0.1, -0.05) is 36.4 Å². The van der Waals surface area contributed by atoms with Crippen molar-refractivity contribution in [3.63, 3.8) is 0 Å². The molecule has 0 radical (unpaired) electrons. The topological polar surface area (TPSA) is 94.1 Å². The minimum Gasteiger partial charge on any atom is -0.507 e. The quantitative estimate of drug-likeness (QED) is 0.449. The van der Waals surface area contributed by atoms with Gasteiger partial charge in [-0.25, -0.2) is 4.79 Å². The Hall–Kier alpha value is -3.10. The molecule has 1 aliphatic rings. The lowest BCUT2D eigenvalue weighted by atomic mass is 9.76. The molecule has 1 fully saturated rings. The van der Waals surface area contributed by atoms with Crippen molar-refractivity contribution in [2.75, 3.05) is 6.54 Å². The average Bonchev–Trinajstić information content (AvgIpc) is 2.98. The number of amides is 1. The predicted octanol–water partition coefficient (Wildman–Crippen LogP) is 4.84. The molecule has 0 bridgehead atoms. The number of hydrogen-bond acceptors (Lipinski definition) is 6. The summed E-state index contributed by atoms with van der Waals surface area (Å²) in [6.07, 6.45) is 1.23. The molecular weight excluding hydrogens is 433 g/mol. The molecule has 1 saturated heterocycles. The van der Waals surface area contributed by atoms with E-state index in [-0.39, 0.29) is 30.2 Å². The van der Waals surface area contributed by atoms with Gasteiger partial charge >= 0.3 is 13.2 Å². The monoisotopic (exact) mass is 465 g/mol. The molecule has 2 aromatic carbocycles. The number of rotatable bonds is 7. The summed E-state index contributed by atoms with van der Waals surface area (Å²) in [4.78, 5) is 24.1. The first-order valence-electron chi connectivity index (χ1n) is 11.2. The molecule has 0 unspecified atom stereocenters. The molecule has 2 N–H and O–H groups in total. The van der Waals surface area contributed by atoms with Crippen LogP contribution in [-0.2, 0) is 20.7 Å². The fourth-order valence-corrected chi connectivity index (χ4v) is 3.50. The van der Waals surface area contributed by atoms with E-state index in [0.29, 0.717) is 11.0 Å². The Balaban J connectivity index is 1.83. The van der Waals surface area contributed by atoms with E-state index >= 15 is 0 Å². The van der Waals surface area contributed by atoms with Crippen LogP contribution in [0.2, 0.25) is 0 Å². The highest BCUT2D eigenvalue weighted by atomic mass is 16.7. The van der Waals surface area contributed by atoms with E-state index in [1.807, 2.05) is 65.0 Å². The zero-order valence-corrected chi connectivity index (χ0v) is 20.6. The van der Waals surface area contributed by atoms with Crippen molar-refractivity contribution in [2.45, 2.75) is 59.4 Å². The van der Waals surface area contributed by atoms with Gasteiger partial charge in [0.2, 0.25) is 0 Å². The molecule has 1 heterocycles. The number of carbonyl (C=O) groups excluding carboxylic acids is 2. The summed E-state index contributed by atoms with van der Waals surface area (Å²) in [6.45, 7) is 11.3. The Bertz CT molecular complexity index is 1080. The van der Waals surface area contributed by atoms with Gasteiger partial charge in [0.25, 0.3) is 0 Å². The molecule has 2 aromatic rings. The summed E-state index contributed by atoms with van der Waals surface area (Å²) in [5.41, 5.74) is 2.13. The smallest absolute Gasteiger partial charge is 0.492 e. The average molecular weight is 465 g/mol. The highest BCUT2D eigenvalue weighted by molar-refractivity contribution is 6.56. The molecule has 8 heteroatoms. The van der Waals surface area contributed by atoms with Crippen LogP contribution in [0.3, 0.4) is 0 Å². The second-order valence-corrected chi connectivity index (χ2v) is 9.50. The molecule has 3 rings (SSSR count). The van der Waals surface area contributed by atoms with Gasteiger partial charge in [0.1, 0.15) is 12.4 Å². The lowest BCUT2D eigenvalue weighted by Crippen LogP contribution is -2.41. The summed E-state index contributed by atoms with van der Waals surface area (Å²) < 4.78 is 17.7. The minimum atomic E-state index is -0.714. The first kappa shape index (κ1) is 25.5. The maximum Gasteiger partial charge on any atom is 0.492 e. The molecule has 34 heavy (non-hydrogen) atoms. The van der Waals surface area contributed by atoms with Gasteiger partial charge in [0, 0.05) is 6.54 Å². The number of phenols is 1. The van der Waals surface area contributed by atoms with E-state index in [1.165, 1.54) is 13.0 Å². The molecule has 180 valence electrons. The van der Waals surface area contributed by atoms with Crippen molar-refractivity contribution in [1.82, 2.24) is 5.32 Å². The Morgan fingerprint density at radius 2 is 1.71 bits per heavy atom. The van der Waals surface area contributed by atoms with E-state index in [1.54, 1.807) is 12.1 Å². The van der Waals surface area contributed by atoms with Crippen LogP contribution in [0.1, 0.15) is 61.7 Å². The zero-order valence-electron chi connectivity index (χ0n) is 20.6. The van der Waals surface area contributed by atoms with Gasteiger partial charge in [-0.15, -0.1) is 0 Å². The minimum absolute atomic E-state index is 0.104. The van der Waals surface area contributed by atoms with Crippen molar-refractivity contribution >= 4 is 25.1 Å². The van der Waals surface area contributed by atoms with Crippen molar-refractivity contribution in [3.05, 3.63) is 70.2 Å². The molecule has 0 atom stereocenters. The van der Waals surface area contributed by atoms with Gasteiger partial charge in [-0.3, -0.25) is 4.79 Å². The third-order valence-electron chi connectivity index (χ3n) is 6.31. The van der Waals surface area contributed by atoms with Gasteiger partial charge < -0.3 is 24.5 Å². The normalized spacial score (nSPS) is 16.9. The fourth-order valence-electron chi connectivity index (χ4n) is 3.50. The second kappa shape index (κ2) is 10.0. The van der Waals surface area contributed by atoms with Gasteiger partial charge in [0.05, 0.1) is 16.8 Å². The number of nitrogens with one attached hydrogen (secondary N) is 1. The van der Waals surface area contributed by atoms with Crippen molar-refractivity contribution in [3.8, 4) is 5.75 Å². The number of alkyl carbamates (subject to hydrolysis) is 1. The van der Waals surface area contributed by atoms with Crippen LogP contribution in [0.5, 0.6) is 5.75 Å². The van der Waals surface area contributed by atoms with Crippen LogP contribution in [0.15, 0.2) is 47.9 Å². The molecular formula is C26H32BNO6. The maximum absolute atomic E-state index is 12.4. The molecule has 1 aliphatic heterocycles. The molecule has 0 saturated carbocycles. The third kappa shape index (κ3) is 5.87. The number of carbonyl (C=O) groups is 2. The first-order chi connectivity index (χ1) is 15.9. The molecule has 0 spiro atoms. The number of benzene rings is 2.